The van der Waals surface area contributed by atoms with E-state index in [0.717, 1.165) is 5.56 Å². The number of benzene rings is 1. The summed E-state index contributed by atoms with van der Waals surface area (Å²) in [5.74, 6) is 0.304. The normalized spacial score (nSPS) is 9.65. The van der Waals surface area contributed by atoms with Crippen LogP contribution in [0.3, 0.4) is 0 Å². The Labute approximate surface area is 103 Å². The van der Waals surface area contributed by atoms with Gasteiger partial charge in [-0.25, -0.2) is 4.98 Å². The van der Waals surface area contributed by atoms with E-state index in [4.69, 9.17) is 21.6 Å². The molecule has 1 aromatic heterocycles. The Morgan fingerprint density at radius 3 is 2.71 bits per heavy atom. The molecule has 17 heavy (non-hydrogen) atoms. The Balaban J connectivity index is 2.06. The van der Waals surface area contributed by atoms with Crippen LogP contribution in [0.4, 0.5) is 0 Å². The van der Waals surface area contributed by atoms with E-state index in [-0.39, 0.29) is 10.8 Å². The van der Waals surface area contributed by atoms with Gasteiger partial charge in [0.15, 0.2) is 10.8 Å². The van der Waals surface area contributed by atoms with Gasteiger partial charge < -0.3 is 4.74 Å². The summed E-state index contributed by atoms with van der Waals surface area (Å²) in [5.41, 5.74) is 1.12. The summed E-state index contributed by atoms with van der Waals surface area (Å²) in [5, 5.41) is 8.69. The van der Waals surface area contributed by atoms with Crippen molar-refractivity contribution < 1.29 is 4.74 Å². The van der Waals surface area contributed by atoms with Gasteiger partial charge in [0, 0.05) is 0 Å². The third-order valence-electron chi connectivity index (χ3n) is 2.04. The predicted octanol–water partition coefficient (Wildman–Crippen LogP) is 2.58. The zero-order chi connectivity index (χ0) is 12.1. The zero-order valence-electron chi connectivity index (χ0n) is 8.80. The van der Waals surface area contributed by atoms with Crippen molar-refractivity contribution in [3.05, 3.63) is 52.9 Å². The average molecular weight is 246 g/mol. The highest BCUT2D eigenvalue weighted by atomic mass is 35.5. The average Bonchev–Trinajstić information content (AvgIpc) is 2.38. The summed E-state index contributed by atoms with van der Waals surface area (Å²) in [7, 11) is 0. The van der Waals surface area contributed by atoms with E-state index >= 15 is 0 Å². The molecule has 0 aliphatic carbocycles. The number of hydrogen-bond acceptors (Lipinski definition) is 4. The molecule has 0 saturated carbocycles. The smallest absolute Gasteiger partial charge is 0.234 e. The predicted molar refractivity (Wildman–Crippen MR) is 62.5 cm³/mol. The lowest BCUT2D eigenvalue weighted by Crippen LogP contribution is -1.99. The van der Waals surface area contributed by atoms with E-state index in [1.165, 1.54) is 6.20 Å². The maximum atomic E-state index is 8.64. The van der Waals surface area contributed by atoms with E-state index in [1.54, 1.807) is 0 Å². The second kappa shape index (κ2) is 5.28. The molecule has 0 unspecified atom stereocenters. The van der Waals surface area contributed by atoms with E-state index in [2.05, 4.69) is 9.97 Å². The van der Waals surface area contributed by atoms with Gasteiger partial charge in [-0.05, 0) is 5.56 Å². The van der Waals surface area contributed by atoms with Gasteiger partial charge in [0.25, 0.3) is 0 Å². The largest absolute Gasteiger partial charge is 0.472 e. The van der Waals surface area contributed by atoms with Crippen LogP contribution in [0.25, 0.3) is 0 Å². The number of halogens is 1. The summed E-state index contributed by atoms with van der Waals surface area (Å²) in [6, 6.07) is 11.5. The summed E-state index contributed by atoms with van der Waals surface area (Å²) in [6.07, 6.45) is 1.38. The Hall–Kier alpha value is -2.12. The molecule has 4 nitrogen and oxygen atoms in total. The molecule has 0 bridgehead atoms. The molecule has 0 amide bonds. The Morgan fingerprint density at radius 1 is 1.29 bits per heavy atom. The molecule has 0 spiro atoms. The maximum Gasteiger partial charge on any atom is 0.234 e. The Bertz CT molecular complexity index is 551. The molecule has 2 aromatic rings. The first-order valence-corrected chi connectivity index (χ1v) is 5.27. The van der Waals surface area contributed by atoms with Crippen LogP contribution in [-0.2, 0) is 6.61 Å². The minimum atomic E-state index is 0.0538. The number of rotatable bonds is 3. The molecule has 1 aromatic carbocycles. The van der Waals surface area contributed by atoms with E-state index < -0.39 is 0 Å². The molecule has 5 heteroatoms. The molecule has 0 aliphatic rings. The van der Waals surface area contributed by atoms with Crippen molar-refractivity contribution in [3.63, 3.8) is 0 Å². The van der Waals surface area contributed by atoms with Crippen LogP contribution < -0.4 is 4.74 Å². The van der Waals surface area contributed by atoms with Crippen LogP contribution in [0.2, 0.25) is 5.15 Å². The SMILES string of the molecule is N#Cc1ncc(OCc2ccccc2)nc1Cl. The van der Waals surface area contributed by atoms with Gasteiger partial charge in [0.2, 0.25) is 5.88 Å². The highest BCUT2D eigenvalue weighted by molar-refractivity contribution is 6.30. The van der Waals surface area contributed by atoms with Gasteiger partial charge >= 0.3 is 0 Å². The topological polar surface area (TPSA) is 58.8 Å². The second-order valence-electron chi connectivity index (χ2n) is 3.23. The molecule has 0 aliphatic heterocycles. The van der Waals surface area contributed by atoms with Crippen molar-refractivity contribution >= 4 is 11.6 Å². The fourth-order valence-corrected chi connectivity index (χ4v) is 1.40. The van der Waals surface area contributed by atoms with Gasteiger partial charge in [0.05, 0.1) is 6.20 Å². The molecule has 84 valence electrons. The lowest BCUT2D eigenvalue weighted by molar-refractivity contribution is 0.292. The monoisotopic (exact) mass is 245 g/mol. The van der Waals surface area contributed by atoms with Crippen molar-refractivity contribution in [1.29, 1.82) is 5.26 Å². The van der Waals surface area contributed by atoms with Crippen LogP contribution in [0.5, 0.6) is 5.88 Å². The quantitative estimate of drug-likeness (QED) is 0.834. The van der Waals surface area contributed by atoms with Crippen LogP contribution in [0.15, 0.2) is 36.5 Å². The van der Waals surface area contributed by atoms with Crippen LogP contribution >= 0.6 is 11.6 Å². The molecule has 1 heterocycles. The zero-order valence-corrected chi connectivity index (χ0v) is 9.55. The molecular formula is C12H8ClN3O. The van der Waals surface area contributed by atoms with Crippen LogP contribution in [-0.4, -0.2) is 9.97 Å². The van der Waals surface area contributed by atoms with E-state index in [0.29, 0.717) is 12.5 Å². The molecule has 0 saturated heterocycles. The van der Waals surface area contributed by atoms with E-state index in [9.17, 15) is 0 Å². The van der Waals surface area contributed by atoms with Crippen LogP contribution in [0.1, 0.15) is 11.3 Å². The fourth-order valence-electron chi connectivity index (χ4n) is 1.23. The molecular weight excluding hydrogens is 238 g/mol. The van der Waals surface area contributed by atoms with Crippen LogP contribution in [0, 0.1) is 11.3 Å². The molecule has 0 atom stereocenters. The lowest BCUT2D eigenvalue weighted by atomic mass is 10.2. The first-order chi connectivity index (χ1) is 8.29. The van der Waals surface area contributed by atoms with Gasteiger partial charge in [-0.3, -0.25) is 0 Å². The number of nitriles is 1. The van der Waals surface area contributed by atoms with Crippen molar-refractivity contribution in [2.45, 2.75) is 6.61 Å². The first kappa shape index (κ1) is 11.4. The number of nitrogens with zero attached hydrogens (tertiary/aromatic N) is 3. The summed E-state index contributed by atoms with van der Waals surface area (Å²) in [4.78, 5) is 7.75. The van der Waals surface area contributed by atoms with Crippen molar-refractivity contribution in [2.24, 2.45) is 0 Å². The lowest BCUT2D eigenvalue weighted by Gasteiger charge is -2.05. The third-order valence-corrected chi connectivity index (χ3v) is 2.31. The minimum Gasteiger partial charge on any atom is -0.472 e. The maximum absolute atomic E-state index is 8.64. The highest BCUT2D eigenvalue weighted by Crippen LogP contribution is 2.15. The van der Waals surface area contributed by atoms with Crippen molar-refractivity contribution in [1.82, 2.24) is 9.97 Å². The minimum absolute atomic E-state index is 0.0538. The summed E-state index contributed by atoms with van der Waals surface area (Å²) >= 11 is 5.74. The Morgan fingerprint density at radius 2 is 2.06 bits per heavy atom. The standard InChI is InChI=1S/C12H8ClN3O/c13-12-10(6-14)15-7-11(16-12)17-8-9-4-2-1-3-5-9/h1-5,7H,8H2. The van der Waals surface area contributed by atoms with Gasteiger partial charge in [0.1, 0.15) is 12.7 Å². The molecule has 0 fully saturated rings. The fraction of sp³-hybridized carbons (Fsp3) is 0.0833. The Kier molecular flexibility index (Phi) is 3.53. The number of hydrogen-bond donors (Lipinski definition) is 0. The molecule has 0 N–H and O–H groups in total. The first-order valence-electron chi connectivity index (χ1n) is 4.89. The van der Waals surface area contributed by atoms with Gasteiger partial charge in [-0.15, -0.1) is 0 Å². The third kappa shape index (κ3) is 2.92. The molecule has 0 radical (unpaired) electrons. The number of ether oxygens (including phenoxy) is 1. The second-order valence-corrected chi connectivity index (χ2v) is 3.59. The summed E-state index contributed by atoms with van der Waals surface area (Å²) in [6.45, 7) is 0.387. The van der Waals surface area contributed by atoms with Crippen molar-refractivity contribution in [3.8, 4) is 11.9 Å². The number of aromatic nitrogens is 2. The van der Waals surface area contributed by atoms with Crippen molar-refractivity contribution in [2.75, 3.05) is 0 Å². The van der Waals surface area contributed by atoms with Gasteiger partial charge in [-0.1, -0.05) is 41.9 Å². The molecule has 2 rings (SSSR count). The highest BCUT2D eigenvalue weighted by Gasteiger charge is 2.05. The van der Waals surface area contributed by atoms with Gasteiger partial charge in [-0.2, -0.15) is 10.2 Å². The summed E-state index contributed by atoms with van der Waals surface area (Å²) < 4.78 is 5.40. The van der Waals surface area contributed by atoms with E-state index in [1.807, 2.05) is 36.4 Å².